The summed E-state index contributed by atoms with van der Waals surface area (Å²) in [5, 5.41) is 12.0. The number of carbonyl (C=O) groups is 1. The molecule has 0 saturated carbocycles. The summed E-state index contributed by atoms with van der Waals surface area (Å²) < 4.78 is 10.2. The fourth-order valence-electron chi connectivity index (χ4n) is 2.68. The normalized spacial score (nSPS) is 12.0. The Bertz CT molecular complexity index is 672. The lowest BCUT2D eigenvalue weighted by Gasteiger charge is -2.15. The van der Waals surface area contributed by atoms with E-state index in [9.17, 15) is 4.79 Å². The summed E-state index contributed by atoms with van der Waals surface area (Å²) in [7, 11) is 1.58. The average Bonchev–Trinajstić information content (AvgIpc) is 3.09. The summed E-state index contributed by atoms with van der Waals surface area (Å²) in [6.45, 7) is 2.39. The highest BCUT2D eigenvalue weighted by Crippen LogP contribution is 2.26. The van der Waals surface area contributed by atoms with Crippen molar-refractivity contribution in [1.82, 2.24) is 9.97 Å². The van der Waals surface area contributed by atoms with Crippen molar-refractivity contribution in [3.05, 3.63) is 40.0 Å². The molecule has 2 rings (SSSR count). The Labute approximate surface area is 158 Å². The molecule has 0 aliphatic carbocycles. The van der Waals surface area contributed by atoms with Crippen molar-refractivity contribution in [2.45, 2.75) is 44.9 Å². The highest BCUT2D eigenvalue weighted by molar-refractivity contribution is 7.09. The number of unbranched alkanes of at least 4 members (excludes halogenated alkanes) is 1. The SMILES string of the molecule is CCOC(=O)CC(Cc1csc(CCCCO)n1)c1ccc(OC)nc1. The number of aryl methyl sites for hydroxylation is 1. The zero-order chi connectivity index (χ0) is 18.8. The van der Waals surface area contributed by atoms with Crippen LogP contribution in [-0.4, -0.2) is 41.4 Å². The summed E-state index contributed by atoms with van der Waals surface area (Å²) >= 11 is 1.63. The van der Waals surface area contributed by atoms with Crippen LogP contribution in [0.4, 0.5) is 0 Å². The van der Waals surface area contributed by atoms with E-state index in [1.54, 1.807) is 37.6 Å². The lowest BCUT2D eigenvalue weighted by atomic mass is 9.92. The molecule has 2 aromatic rings. The number of pyridine rings is 1. The van der Waals surface area contributed by atoms with E-state index in [1.807, 2.05) is 11.4 Å². The number of methoxy groups -OCH3 is 1. The largest absolute Gasteiger partial charge is 0.481 e. The molecule has 0 aromatic carbocycles. The van der Waals surface area contributed by atoms with Crippen LogP contribution < -0.4 is 4.74 Å². The van der Waals surface area contributed by atoms with E-state index in [0.29, 0.717) is 25.3 Å². The Morgan fingerprint density at radius 3 is 2.85 bits per heavy atom. The van der Waals surface area contributed by atoms with Crippen LogP contribution in [0, 0.1) is 0 Å². The van der Waals surface area contributed by atoms with Crippen molar-refractivity contribution in [1.29, 1.82) is 0 Å². The van der Waals surface area contributed by atoms with Gasteiger partial charge in [-0.25, -0.2) is 9.97 Å². The first-order valence-electron chi connectivity index (χ1n) is 8.86. The van der Waals surface area contributed by atoms with E-state index in [0.717, 1.165) is 35.5 Å². The first-order chi connectivity index (χ1) is 12.7. The van der Waals surface area contributed by atoms with Crippen LogP contribution in [0.3, 0.4) is 0 Å². The maximum absolute atomic E-state index is 12.0. The zero-order valence-electron chi connectivity index (χ0n) is 15.3. The maximum Gasteiger partial charge on any atom is 0.306 e. The number of carbonyl (C=O) groups excluding carboxylic acids is 1. The molecule has 0 saturated heterocycles. The number of ether oxygens (including phenoxy) is 2. The second kappa shape index (κ2) is 10.9. The van der Waals surface area contributed by atoms with Gasteiger partial charge in [-0.3, -0.25) is 4.79 Å². The van der Waals surface area contributed by atoms with Gasteiger partial charge in [0.25, 0.3) is 0 Å². The van der Waals surface area contributed by atoms with Crippen molar-refractivity contribution in [3.8, 4) is 5.88 Å². The molecule has 0 fully saturated rings. The molecule has 0 spiro atoms. The third kappa shape index (κ3) is 6.38. The van der Waals surface area contributed by atoms with Crippen LogP contribution >= 0.6 is 11.3 Å². The number of thiazole rings is 1. The molecule has 0 bridgehead atoms. The Balaban J connectivity index is 2.08. The molecule has 0 aliphatic rings. The van der Waals surface area contributed by atoms with Crippen molar-refractivity contribution in [2.75, 3.05) is 20.3 Å². The Kier molecular flexibility index (Phi) is 8.50. The summed E-state index contributed by atoms with van der Waals surface area (Å²) in [6.07, 6.45) is 5.29. The van der Waals surface area contributed by atoms with Crippen LogP contribution in [0.1, 0.15) is 48.4 Å². The minimum atomic E-state index is -0.216. The number of aliphatic hydroxyl groups excluding tert-OH is 1. The van der Waals surface area contributed by atoms with Crippen LogP contribution in [0.2, 0.25) is 0 Å². The van der Waals surface area contributed by atoms with Crippen LogP contribution in [0.15, 0.2) is 23.7 Å². The summed E-state index contributed by atoms with van der Waals surface area (Å²) in [5.41, 5.74) is 1.94. The molecule has 6 nitrogen and oxygen atoms in total. The van der Waals surface area contributed by atoms with Gasteiger partial charge in [-0.1, -0.05) is 6.07 Å². The fraction of sp³-hybridized carbons (Fsp3) is 0.526. The zero-order valence-corrected chi connectivity index (χ0v) is 16.1. The topological polar surface area (TPSA) is 81.5 Å². The maximum atomic E-state index is 12.0. The lowest BCUT2D eigenvalue weighted by molar-refractivity contribution is -0.143. The van der Waals surface area contributed by atoms with Gasteiger partial charge in [0.1, 0.15) is 0 Å². The monoisotopic (exact) mass is 378 g/mol. The Morgan fingerprint density at radius 2 is 2.19 bits per heavy atom. The molecule has 2 aromatic heterocycles. The van der Waals surface area contributed by atoms with Gasteiger partial charge >= 0.3 is 5.97 Å². The number of hydrogen-bond donors (Lipinski definition) is 1. The van der Waals surface area contributed by atoms with E-state index in [1.165, 1.54) is 0 Å². The van der Waals surface area contributed by atoms with Crippen molar-refractivity contribution in [3.63, 3.8) is 0 Å². The van der Waals surface area contributed by atoms with Crippen LogP contribution in [0.25, 0.3) is 0 Å². The Hall–Kier alpha value is -1.99. The molecule has 1 unspecified atom stereocenters. The smallest absolute Gasteiger partial charge is 0.306 e. The second-order valence-electron chi connectivity index (χ2n) is 5.96. The molecule has 1 atom stereocenters. The number of rotatable bonds is 11. The highest BCUT2D eigenvalue weighted by atomic mass is 32.1. The average molecular weight is 378 g/mol. The number of nitrogens with zero attached hydrogens (tertiary/aromatic N) is 2. The van der Waals surface area contributed by atoms with E-state index < -0.39 is 0 Å². The van der Waals surface area contributed by atoms with Crippen LogP contribution in [0.5, 0.6) is 5.88 Å². The minimum Gasteiger partial charge on any atom is -0.481 e. The van der Waals surface area contributed by atoms with Gasteiger partial charge in [0, 0.05) is 30.2 Å². The van der Waals surface area contributed by atoms with Crippen molar-refractivity contribution in [2.24, 2.45) is 0 Å². The van der Waals surface area contributed by atoms with Crippen molar-refractivity contribution < 1.29 is 19.4 Å². The van der Waals surface area contributed by atoms with Gasteiger partial charge < -0.3 is 14.6 Å². The van der Waals surface area contributed by atoms with E-state index >= 15 is 0 Å². The van der Waals surface area contributed by atoms with E-state index in [2.05, 4.69) is 9.97 Å². The van der Waals surface area contributed by atoms with Gasteiger partial charge in [0.05, 0.1) is 30.8 Å². The summed E-state index contributed by atoms with van der Waals surface area (Å²) in [5.74, 6) is 0.287. The van der Waals surface area contributed by atoms with Gasteiger partial charge in [-0.2, -0.15) is 0 Å². The number of aliphatic hydroxyl groups is 1. The second-order valence-corrected chi connectivity index (χ2v) is 6.90. The molecule has 0 amide bonds. The summed E-state index contributed by atoms with van der Waals surface area (Å²) in [4.78, 5) is 20.9. The predicted octanol–water partition coefficient (Wildman–Crippen LogP) is 3.14. The molecule has 0 aliphatic heterocycles. The third-order valence-electron chi connectivity index (χ3n) is 4.01. The molecule has 26 heavy (non-hydrogen) atoms. The quantitative estimate of drug-likeness (QED) is 0.478. The van der Waals surface area contributed by atoms with Crippen LogP contribution in [-0.2, 0) is 22.4 Å². The number of esters is 1. The molecule has 7 heteroatoms. The molecular weight excluding hydrogens is 352 g/mol. The summed E-state index contributed by atoms with van der Waals surface area (Å²) in [6, 6.07) is 3.74. The predicted molar refractivity (Wildman–Crippen MR) is 101 cm³/mol. The number of aromatic nitrogens is 2. The minimum absolute atomic E-state index is 0.0418. The van der Waals surface area contributed by atoms with Gasteiger partial charge in [0.2, 0.25) is 5.88 Å². The fourth-order valence-corrected chi connectivity index (χ4v) is 3.53. The lowest BCUT2D eigenvalue weighted by Crippen LogP contribution is -2.13. The first kappa shape index (κ1) is 20.3. The van der Waals surface area contributed by atoms with Gasteiger partial charge in [-0.05, 0) is 38.2 Å². The first-order valence-corrected chi connectivity index (χ1v) is 9.73. The van der Waals surface area contributed by atoms with E-state index in [-0.39, 0.29) is 18.5 Å². The molecule has 2 heterocycles. The van der Waals surface area contributed by atoms with E-state index in [4.69, 9.17) is 14.6 Å². The van der Waals surface area contributed by atoms with Crippen molar-refractivity contribution >= 4 is 17.3 Å². The molecule has 0 radical (unpaired) electrons. The molecule has 1 N–H and O–H groups in total. The van der Waals surface area contributed by atoms with Gasteiger partial charge in [0.15, 0.2) is 0 Å². The standard InChI is InChI=1S/C19H26N2O4S/c1-3-25-19(23)11-15(14-7-8-17(24-2)20-12-14)10-16-13-26-18(21-16)6-4-5-9-22/h7-8,12-13,15,22H,3-6,9-11H2,1-2H3. The van der Waals surface area contributed by atoms with Gasteiger partial charge in [-0.15, -0.1) is 11.3 Å². The molecular formula is C19H26N2O4S. The highest BCUT2D eigenvalue weighted by Gasteiger charge is 2.19. The third-order valence-corrected chi connectivity index (χ3v) is 4.97. The Morgan fingerprint density at radius 1 is 1.35 bits per heavy atom. The molecule has 142 valence electrons. The number of hydrogen-bond acceptors (Lipinski definition) is 7.